The molecule has 0 saturated carbocycles. The van der Waals surface area contributed by atoms with Gasteiger partial charge in [-0.25, -0.2) is 4.98 Å². The minimum atomic E-state index is -4.62. The highest BCUT2D eigenvalue weighted by molar-refractivity contribution is 6.33. The standard InChI is InChI=1S/C23H19ClF3N5/c1-22(2,3)20-14(11-28)19(32(4)31-20)21-29-17-10-12(13-7-5-6-8-16(13)24)9-15(18(17)30-21)23(25,26)27/h5-10H,1-4H3,(H,29,30). The van der Waals surface area contributed by atoms with E-state index in [4.69, 9.17) is 11.6 Å². The summed E-state index contributed by atoms with van der Waals surface area (Å²) >= 11 is 6.23. The number of nitriles is 1. The number of aromatic nitrogens is 4. The van der Waals surface area contributed by atoms with Crippen LogP contribution in [0.3, 0.4) is 0 Å². The van der Waals surface area contributed by atoms with Crippen molar-refractivity contribution < 1.29 is 13.2 Å². The van der Waals surface area contributed by atoms with Gasteiger partial charge in [0.25, 0.3) is 0 Å². The van der Waals surface area contributed by atoms with Crippen LogP contribution in [0.15, 0.2) is 36.4 Å². The summed E-state index contributed by atoms with van der Waals surface area (Å²) in [5, 5.41) is 14.6. The Hall–Kier alpha value is -3.31. The van der Waals surface area contributed by atoms with E-state index in [0.29, 0.717) is 27.5 Å². The fourth-order valence-electron chi connectivity index (χ4n) is 3.73. The minimum Gasteiger partial charge on any atom is -0.336 e. The van der Waals surface area contributed by atoms with E-state index in [9.17, 15) is 18.4 Å². The molecule has 2 aromatic carbocycles. The Kier molecular flexibility index (Phi) is 5.05. The number of alkyl halides is 3. The molecule has 9 heteroatoms. The van der Waals surface area contributed by atoms with E-state index in [0.717, 1.165) is 6.07 Å². The van der Waals surface area contributed by atoms with Gasteiger partial charge in [-0.2, -0.15) is 23.5 Å². The van der Waals surface area contributed by atoms with Gasteiger partial charge in [-0.15, -0.1) is 0 Å². The summed E-state index contributed by atoms with van der Waals surface area (Å²) < 4.78 is 43.4. The molecule has 2 aromatic heterocycles. The van der Waals surface area contributed by atoms with Crippen LogP contribution in [0.1, 0.15) is 37.6 Å². The molecule has 4 aromatic rings. The molecule has 0 unspecified atom stereocenters. The number of fused-ring (bicyclic) bond motifs is 1. The van der Waals surface area contributed by atoms with Gasteiger partial charge in [0.2, 0.25) is 0 Å². The molecule has 1 N–H and O–H groups in total. The van der Waals surface area contributed by atoms with Gasteiger partial charge in [0.05, 0.1) is 22.3 Å². The molecular formula is C23H19ClF3N5. The second-order valence-corrected chi connectivity index (χ2v) is 8.95. The van der Waals surface area contributed by atoms with Crippen molar-refractivity contribution in [3.05, 3.63) is 58.2 Å². The Morgan fingerprint density at radius 1 is 1.12 bits per heavy atom. The molecule has 0 aliphatic heterocycles. The highest BCUT2D eigenvalue weighted by Gasteiger charge is 2.35. The maximum atomic E-state index is 14.0. The Balaban J connectivity index is 2.01. The number of hydrogen-bond acceptors (Lipinski definition) is 3. The molecule has 0 aliphatic carbocycles. The third-order valence-electron chi connectivity index (χ3n) is 5.18. The van der Waals surface area contributed by atoms with Crippen LogP contribution in [0.5, 0.6) is 0 Å². The summed E-state index contributed by atoms with van der Waals surface area (Å²) in [4.78, 5) is 7.21. The van der Waals surface area contributed by atoms with Gasteiger partial charge in [0.1, 0.15) is 17.3 Å². The zero-order valence-electron chi connectivity index (χ0n) is 17.8. The van der Waals surface area contributed by atoms with Crippen molar-refractivity contribution in [3.63, 3.8) is 0 Å². The van der Waals surface area contributed by atoms with Gasteiger partial charge >= 0.3 is 6.18 Å². The molecule has 0 radical (unpaired) electrons. The lowest BCUT2D eigenvalue weighted by Gasteiger charge is -2.15. The highest BCUT2D eigenvalue weighted by atomic mass is 35.5. The summed E-state index contributed by atoms with van der Waals surface area (Å²) in [6.07, 6.45) is -4.62. The summed E-state index contributed by atoms with van der Waals surface area (Å²) in [5.41, 5.74) is 0.597. The molecule has 0 spiro atoms. The third-order valence-corrected chi connectivity index (χ3v) is 5.51. The van der Waals surface area contributed by atoms with E-state index < -0.39 is 17.2 Å². The first-order valence-corrected chi connectivity index (χ1v) is 10.1. The summed E-state index contributed by atoms with van der Waals surface area (Å²) in [6, 6.07) is 11.4. The number of hydrogen-bond donors (Lipinski definition) is 1. The minimum absolute atomic E-state index is 0.118. The summed E-state index contributed by atoms with van der Waals surface area (Å²) in [7, 11) is 1.64. The van der Waals surface area contributed by atoms with Crippen LogP contribution in [0, 0.1) is 11.3 Å². The lowest BCUT2D eigenvalue weighted by molar-refractivity contribution is -0.136. The SMILES string of the molecule is Cn1nc(C(C)(C)C)c(C#N)c1-c1nc2cc(-c3ccccc3Cl)cc(C(F)(F)F)c2[nH]1. The Labute approximate surface area is 187 Å². The zero-order valence-corrected chi connectivity index (χ0v) is 18.5. The van der Waals surface area contributed by atoms with E-state index >= 15 is 0 Å². The largest absolute Gasteiger partial charge is 0.418 e. The first-order chi connectivity index (χ1) is 14.9. The first-order valence-electron chi connectivity index (χ1n) is 9.75. The molecule has 0 saturated heterocycles. The molecule has 4 rings (SSSR count). The molecule has 164 valence electrons. The predicted octanol–water partition coefficient (Wildman–Crippen LogP) is 6.47. The maximum Gasteiger partial charge on any atom is 0.418 e. The van der Waals surface area contributed by atoms with E-state index in [1.54, 1.807) is 37.4 Å². The van der Waals surface area contributed by atoms with Crippen molar-refractivity contribution in [2.75, 3.05) is 0 Å². The fourth-order valence-corrected chi connectivity index (χ4v) is 3.97. The van der Waals surface area contributed by atoms with E-state index in [2.05, 4.69) is 21.1 Å². The number of imidazole rings is 1. The van der Waals surface area contributed by atoms with Gasteiger partial charge < -0.3 is 4.98 Å². The van der Waals surface area contributed by atoms with Crippen LogP contribution in [0.25, 0.3) is 33.7 Å². The van der Waals surface area contributed by atoms with Crippen LogP contribution < -0.4 is 0 Å². The van der Waals surface area contributed by atoms with Gasteiger partial charge in [0.15, 0.2) is 5.82 Å². The smallest absolute Gasteiger partial charge is 0.336 e. The van der Waals surface area contributed by atoms with Crippen LogP contribution >= 0.6 is 11.6 Å². The Morgan fingerprint density at radius 2 is 1.81 bits per heavy atom. The van der Waals surface area contributed by atoms with Crippen LogP contribution in [-0.2, 0) is 18.6 Å². The second kappa shape index (κ2) is 7.38. The average Bonchev–Trinajstić information content (AvgIpc) is 3.26. The van der Waals surface area contributed by atoms with E-state index in [1.165, 1.54) is 4.68 Å². The fraction of sp³-hybridized carbons (Fsp3) is 0.261. The molecule has 0 bridgehead atoms. The predicted molar refractivity (Wildman–Crippen MR) is 117 cm³/mol. The second-order valence-electron chi connectivity index (χ2n) is 8.54. The van der Waals surface area contributed by atoms with Crippen molar-refractivity contribution >= 4 is 22.6 Å². The molecule has 0 aliphatic rings. The van der Waals surface area contributed by atoms with Gasteiger partial charge in [-0.3, -0.25) is 4.68 Å². The van der Waals surface area contributed by atoms with Gasteiger partial charge in [-0.1, -0.05) is 50.6 Å². The van der Waals surface area contributed by atoms with Crippen molar-refractivity contribution in [2.24, 2.45) is 7.05 Å². The van der Waals surface area contributed by atoms with Crippen LogP contribution in [0.2, 0.25) is 5.02 Å². The third kappa shape index (κ3) is 3.63. The number of aromatic amines is 1. The highest BCUT2D eigenvalue weighted by Crippen LogP contribution is 2.40. The molecule has 5 nitrogen and oxygen atoms in total. The quantitative estimate of drug-likeness (QED) is 0.375. The monoisotopic (exact) mass is 457 g/mol. The van der Waals surface area contributed by atoms with Crippen molar-refractivity contribution in [1.82, 2.24) is 19.7 Å². The topological polar surface area (TPSA) is 70.3 Å². The molecule has 32 heavy (non-hydrogen) atoms. The first kappa shape index (κ1) is 21.9. The number of nitrogens with zero attached hydrogens (tertiary/aromatic N) is 4. The number of benzene rings is 2. The average molecular weight is 458 g/mol. The number of rotatable bonds is 2. The lowest BCUT2D eigenvalue weighted by Crippen LogP contribution is -2.14. The Bertz CT molecular complexity index is 1380. The summed E-state index contributed by atoms with van der Waals surface area (Å²) in [6.45, 7) is 5.74. The molecule has 0 fully saturated rings. The van der Waals surface area contributed by atoms with Crippen molar-refractivity contribution in [3.8, 4) is 28.7 Å². The van der Waals surface area contributed by atoms with E-state index in [-0.39, 0.29) is 22.4 Å². The number of H-pyrrole nitrogens is 1. The zero-order chi connectivity index (χ0) is 23.4. The number of halogens is 4. The maximum absolute atomic E-state index is 14.0. The molecule has 0 atom stereocenters. The number of aryl methyl sites for hydroxylation is 1. The molecular weight excluding hydrogens is 439 g/mol. The number of nitrogens with one attached hydrogen (secondary N) is 1. The lowest BCUT2D eigenvalue weighted by atomic mass is 9.89. The normalized spacial score (nSPS) is 12.3. The van der Waals surface area contributed by atoms with Gasteiger partial charge in [-0.05, 0) is 23.8 Å². The van der Waals surface area contributed by atoms with E-state index in [1.807, 2.05) is 20.8 Å². The molecule has 2 heterocycles. The summed E-state index contributed by atoms with van der Waals surface area (Å²) in [5.74, 6) is 0.142. The van der Waals surface area contributed by atoms with Crippen molar-refractivity contribution in [2.45, 2.75) is 32.4 Å². The van der Waals surface area contributed by atoms with Crippen LogP contribution in [0.4, 0.5) is 13.2 Å². The Morgan fingerprint density at radius 3 is 2.41 bits per heavy atom. The van der Waals surface area contributed by atoms with Crippen LogP contribution in [-0.4, -0.2) is 19.7 Å². The van der Waals surface area contributed by atoms with Crippen molar-refractivity contribution in [1.29, 1.82) is 5.26 Å². The van der Waals surface area contributed by atoms with Gasteiger partial charge in [0, 0.05) is 23.0 Å². The molecule has 0 amide bonds.